The Morgan fingerprint density at radius 1 is 1.26 bits per heavy atom. The third-order valence-electron chi connectivity index (χ3n) is 5.98. The van der Waals surface area contributed by atoms with E-state index in [9.17, 15) is 24.3 Å². The maximum atomic E-state index is 13.0. The molecule has 0 saturated carbocycles. The second-order valence-corrected chi connectivity index (χ2v) is 11.7. The number of hydrogen-bond acceptors (Lipinski definition) is 7. The fraction of sp³-hybridized carbons (Fsp3) is 0.320. The lowest BCUT2D eigenvalue weighted by molar-refractivity contribution is -0.689. The zero-order valence-electron chi connectivity index (χ0n) is 20.6. The summed E-state index contributed by atoms with van der Waals surface area (Å²) in [7, 11) is 0. The summed E-state index contributed by atoms with van der Waals surface area (Å²) in [6, 6.07) is 7.48. The number of nitrogens with two attached hydrogens (primary N) is 1. The molecule has 0 spiro atoms. The van der Waals surface area contributed by atoms with Crippen molar-refractivity contribution in [3.05, 3.63) is 69.6 Å². The molecule has 0 radical (unpaired) electrons. The Hall–Kier alpha value is -2.77. The van der Waals surface area contributed by atoms with Gasteiger partial charge >= 0.3 is 5.97 Å². The fourth-order valence-corrected chi connectivity index (χ4v) is 6.77. The van der Waals surface area contributed by atoms with Gasteiger partial charge in [0.1, 0.15) is 22.7 Å². The Morgan fingerprint density at radius 2 is 2.05 bits per heavy atom. The van der Waals surface area contributed by atoms with Crippen LogP contribution in [0.5, 0.6) is 0 Å². The summed E-state index contributed by atoms with van der Waals surface area (Å²) < 4.78 is 1.71. The number of carboxylic acid groups (broad SMARTS) is 1. The van der Waals surface area contributed by atoms with Gasteiger partial charge in [-0.3, -0.25) is 19.3 Å². The van der Waals surface area contributed by atoms with Crippen LogP contribution in [0.3, 0.4) is 0 Å². The average molecular weight is 612 g/mol. The molecule has 5 N–H and O–H groups in total. The van der Waals surface area contributed by atoms with E-state index < -0.39 is 23.3 Å². The third-order valence-corrected chi connectivity index (χ3v) is 9.05. The van der Waals surface area contributed by atoms with Crippen LogP contribution in [0.15, 0.2) is 58.9 Å². The molecule has 2 atom stereocenters. The number of hydrogen-bond donors (Lipinski definition) is 4. The molecular weight excluding hydrogens is 585 g/mol. The van der Waals surface area contributed by atoms with Crippen LogP contribution in [0.25, 0.3) is 0 Å². The summed E-state index contributed by atoms with van der Waals surface area (Å²) in [4.78, 5) is 52.0. The van der Waals surface area contributed by atoms with Crippen LogP contribution in [0.4, 0.5) is 0 Å². The Bertz CT molecular complexity index is 1340. The van der Waals surface area contributed by atoms with Gasteiger partial charge < -0.3 is 21.5 Å². The maximum Gasteiger partial charge on any atom is 0.352 e. The predicted molar refractivity (Wildman–Crippen MR) is 150 cm³/mol. The molecule has 0 bridgehead atoms. The minimum Gasteiger partial charge on any atom is -0.477 e. The van der Waals surface area contributed by atoms with Crippen LogP contribution in [0.1, 0.15) is 16.8 Å². The van der Waals surface area contributed by atoms with E-state index in [4.69, 9.17) is 28.9 Å². The number of amides is 3. The Morgan fingerprint density at radius 3 is 2.79 bits per heavy atom. The van der Waals surface area contributed by atoms with Gasteiger partial charge in [0, 0.05) is 33.9 Å². The Labute approximate surface area is 243 Å². The van der Waals surface area contributed by atoms with E-state index in [0.717, 1.165) is 0 Å². The standard InChI is InChI=1S/C25H25Cl2N5O5S2/c26-16-4-5-17(27)18(9-16)38-13-19(33)30-20-23(35)32-21(25(36)37)15(12-39-24(20)32)11-31-8-1-3-14(10-31)22(34)29-7-2-6-28/h1,3-5,8-10,20,24H,2,6-7,11-13,28H2,(H2-,29,30,33,34,36,37)/p+1/t20-,24-/m1/s1. The molecule has 1 fully saturated rings. The normalized spacial score (nSPS) is 18.3. The van der Waals surface area contributed by atoms with Crippen molar-refractivity contribution in [2.75, 3.05) is 24.6 Å². The van der Waals surface area contributed by atoms with E-state index in [2.05, 4.69) is 10.6 Å². The Balaban J connectivity index is 1.41. The molecule has 1 saturated heterocycles. The smallest absolute Gasteiger partial charge is 0.352 e. The number of nitrogens with one attached hydrogen (secondary N) is 2. The van der Waals surface area contributed by atoms with Gasteiger partial charge in [0.25, 0.3) is 11.8 Å². The zero-order valence-corrected chi connectivity index (χ0v) is 23.7. The van der Waals surface area contributed by atoms with Crippen LogP contribution in [0.2, 0.25) is 10.0 Å². The fourth-order valence-electron chi connectivity index (χ4n) is 4.13. The van der Waals surface area contributed by atoms with Crippen LogP contribution in [-0.4, -0.2) is 69.7 Å². The summed E-state index contributed by atoms with van der Waals surface area (Å²) in [5.41, 5.74) is 6.32. The molecule has 0 unspecified atom stereocenters. The zero-order chi connectivity index (χ0) is 28.1. The van der Waals surface area contributed by atoms with Crippen molar-refractivity contribution in [2.45, 2.75) is 29.3 Å². The number of pyridine rings is 1. The summed E-state index contributed by atoms with van der Waals surface area (Å²) in [6.45, 7) is 1.11. The van der Waals surface area contributed by atoms with Crippen molar-refractivity contribution in [1.82, 2.24) is 15.5 Å². The highest BCUT2D eigenvalue weighted by atomic mass is 35.5. The van der Waals surface area contributed by atoms with Crippen molar-refractivity contribution in [1.29, 1.82) is 0 Å². The van der Waals surface area contributed by atoms with Crippen LogP contribution < -0.4 is 20.9 Å². The molecule has 3 heterocycles. The topological polar surface area (TPSA) is 146 Å². The first-order valence-corrected chi connectivity index (χ1v) is 14.7. The predicted octanol–water partition coefficient (Wildman–Crippen LogP) is 1.89. The first-order valence-electron chi connectivity index (χ1n) is 11.9. The second kappa shape index (κ2) is 13.1. The number of β-lactam (4-membered cyclic amide) rings is 1. The third kappa shape index (κ3) is 6.87. The van der Waals surface area contributed by atoms with Crippen molar-refractivity contribution in [3.8, 4) is 0 Å². The van der Waals surface area contributed by atoms with Crippen LogP contribution in [0, 0.1) is 0 Å². The highest BCUT2D eigenvalue weighted by molar-refractivity contribution is 8.00. The van der Waals surface area contributed by atoms with Gasteiger partial charge in [-0.25, -0.2) is 9.36 Å². The molecule has 39 heavy (non-hydrogen) atoms. The van der Waals surface area contributed by atoms with E-state index in [1.54, 1.807) is 47.3 Å². The average Bonchev–Trinajstić information content (AvgIpc) is 2.92. The van der Waals surface area contributed by atoms with Crippen molar-refractivity contribution < 1.29 is 28.9 Å². The van der Waals surface area contributed by atoms with Crippen LogP contribution in [-0.2, 0) is 20.9 Å². The quantitative estimate of drug-likeness (QED) is 0.131. The van der Waals surface area contributed by atoms with Crippen molar-refractivity contribution >= 4 is 70.4 Å². The molecular formula is C25H26Cl2N5O5S2+. The number of carbonyl (C=O) groups is 4. The van der Waals surface area contributed by atoms with Gasteiger partial charge in [0.15, 0.2) is 18.9 Å². The molecule has 0 aliphatic carbocycles. The monoisotopic (exact) mass is 610 g/mol. The minimum atomic E-state index is -1.23. The minimum absolute atomic E-state index is 0.0148. The molecule has 1 aromatic carbocycles. The van der Waals surface area contributed by atoms with Gasteiger partial charge in [-0.2, -0.15) is 0 Å². The van der Waals surface area contributed by atoms with E-state index >= 15 is 0 Å². The molecule has 2 aromatic rings. The second-order valence-electron chi connectivity index (χ2n) is 8.74. The number of carboxylic acids is 1. The summed E-state index contributed by atoms with van der Waals surface area (Å²) in [5.74, 6) is -1.99. The van der Waals surface area contributed by atoms with Gasteiger partial charge in [-0.15, -0.1) is 23.5 Å². The van der Waals surface area contributed by atoms with Crippen molar-refractivity contribution in [3.63, 3.8) is 0 Å². The molecule has 4 rings (SSSR count). The molecule has 2 aliphatic rings. The molecule has 1 aromatic heterocycles. The molecule has 206 valence electrons. The van der Waals surface area contributed by atoms with E-state index in [-0.39, 0.29) is 29.8 Å². The number of carbonyl (C=O) groups excluding carboxylic acids is 3. The van der Waals surface area contributed by atoms with Gasteiger partial charge in [-0.1, -0.05) is 23.2 Å². The first kappa shape index (κ1) is 29.2. The molecule has 2 aliphatic heterocycles. The number of halogens is 2. The SMILES string of the molecule is NCCCNC(=O)c1ccc[n+](CC2=C(C(=O)O)N3C(=O)[C@@H](NC(=O)CSc4cc(Cl)ccc4Cl)[C@H]3SC2)c1. The Kier molecular flexibility index (Phi) is 9.78. The summed E-state index contributed by atoms with van der Waals surface area (Å²) in [5, 5.41) is 15.9. The number of rotatable bonds is 11. The number of benzene rings is 1. The number of fused-ring (bicyclic) bond motifs is 1. The largest absolute Gasteiger partial charge is 0.477 e. The summed E-state index contributed by atoms with van der Waals surface area (Å²) >= 11 is 14.7. The highest BCUT2D eigenvalue weighted by Gasteiger charge is 2.54. The lowest BCUT2D eigenvalue weighted by Gasteiger charge is -2.49. The maximum absolute atomic E-state index is 13.0. The van der Waals surface area contributed by atoms with Crippen molar-refractivity contribution in [2.24, 2.45) is 5.73 Å². The van der Waals surface area contributed by atoms with Crippen LogP contribution >= 0.6 is 46.7 Å². The summed E-state index contributed by atoms with van der Waals surface area (Å²) in [6.07, 6.45) is 4.02. The first-order chi connectivity index (χ1) is 18.7. The highest BCUT2D eigenvalue weighted by Crippen LogP contribution is 2.40. The number of aromatic nitrogens is 1. The number of thioether (sulfide) groups is 2. The van der Waals surface area contributed by atoms with E-state index in [1.165, 1.54) is 28.4 Å². The van der Waals surface area contributed by atoms with E-state index in [1.807, 2.05) is 0 Å². The lowest BCUT2D eigenvalue weighted by Crippen LogP contribution is -2.71. The van der Waals surface area contributed by atoms with Gasteiger partial charge in [0.05, 0.1) is 10.8 Å². The number of aliphatic carboxylic acids is 1. The lowest BCUT2D eigenvalue weighted by atomic mass is 10.0. The molecule has 10 nitrogen and oxygen atoms in total. The molecule has 3 amide bonds. The van der Waals surface area contributed by atoms with E-state index in [0.29, 0.717) is 51.3 Å². The van der Waals surface area contributed by atoms with Gasteiger partial charge in [-0.05, 0) is 37.2 Å². The van der Waals surface area contributed by atoms with Gasteiger partial charge in [0.2, 0.25) is 5.91 Å². The number of nitrogens with zero attached hydrogens (tertiary/aromatic N) is 2. The molecule has 14 heteroatoms.